The summed E-state index contributed by atoms with van der Waals surface area (Å²) in [4.78, 5) is 9.12. The second-order valence-corrected chi connectivity index (χ2v) is 8.06. The summed E-state index contributed by atoms with van der Waals surface area (Å²) in [5, 5.41) is 7.07. The minimum absolute atomic E-state index is 0.0352. The molecule has 1 aliphatic heterocycles. The van der Waals surface area contributed by atoms with Crippen LogP contribution in [0.1, 0.15) is 49.4 Å². The zero-order valence-electron chi connectivity index (χ0n) is 16.8. The van der Waals surface area contributed by atoms with E-state index in [-0.39, 0.29) is 11.6 Å². The summed E-state index contributed by atoms with van der Waals surface area (Å²) in [6.45, 7) is 0.622. The first-order valence-electron chi connectivity index (χ1n) is 10.4. The van der Waals surface area contributed by atoms with Crippen molar-refractivity contribution >= 4 is 11.6 Å². The summed E-state index contributed by atoms with van der Waals surface area (Å²) >= 11 is 0. The highest BCUT2D eigenvalue weighted by Crippen LogP contribution is 2.46. The van der Waals surface area contributed by atoms with Crippen LogP contribution in [0.15, 0.2) is 59.9 Å². The van der Waals surface area contributed by atoms with E-state index in [1.807, 2.05) is 42.0 Å². The first kappa shape index (κ1) is 18.0. The van der Waals surface area contributed by atoms with Gasteiger partial charge in [0.25, 0.3) is 0 Å². The van der Waals surface area contributed by atoms with E-state index in [2.05, 4.69) is 44.9 Å². The molecule has 5 rings (SSSR count). The molecule has 1 atom stereocenters. The number of aromatic nitrogens is 2. The number of nitrogens with zero attached hydrogens (tertiary/aromatic N) is 3. The lowest BCUT2D eigenvalue weighted by Crippen LogP contribution is -2.46. The Hall–Kier alpha value is -3.02. The minimum atomic E-state index is -0.0352. The average Bonchev–Trinajstić information content (AvgIpc) is 3.37. The van der Waals surface area contributed by atoms with Gasteiger partial charge in [0.2, 0.25) is 0 Å². The molecular weight excluding hydrogens is 362 g/mol. The molecule has 1 unspecified atom stereocenters. The highest BCUT2D eigenvalue weighted by atomic mass is 16.5. The number of aliphatic imine (C=N–C) groups is 1. The highest BCUT2D eigenvalue weighted by molar-refractivity contribution is 5.80. The molecule has 6 nitrogen and oxygen atoms in total. The van der Waals surface area contributed by atoms with Crippen molar-refractivity contribution in [2.45, 2.75) is 50.3 Å². The second kappa shape index (κ2) is 7.43. The van der Waals surface area contributed by atoms with Gasteiger partial charge in [0.05, 0.1) is 18.3 Å². The van der Waals surface area contributed by atoms with Gasteiger partial charge in [-0.3, -0.25) is 4.99 Å². The van der Waals surface area contributed by atoms with Crippen molar-refractivity contribution in [2.75, 3.05) is 7.05 Å². The van der Waals surface area contributed by atoms with E-state index < -0.39 is 0 Å². The molecule has 1 aromatic carbocycles. The predicted octanol–water partition coefficient (Wildman–Crippen LogP) is 3.84. The number of para-hydroxylation sites is 1. The number of imidazole rings is 1. The maximum absolute atomic E-state index is 6.48. The second-order valence-electron chi connectivity index (χ2n) is 8.06. The van der Waals surface area contributed by atoms with Crippen molar-refractivity contribution in [3.05, 3.63) is 66.1 Å². The van der Waals surface area contributed by atoms with Crippen LogP contribution >= 0.6 is 0 Å². The maximum Gasteiger partial charge on any atom is 0.191 e. The molecule has 29 heavy (non-hydrogen) atoms. The first-order chi connectivity index (χ1) is 14.2. The number of hydrogen-bond donors (Lipinski definition) is 2. The van der Waals surface area contributed by atoms with E-state index in [1.165, 1.54) is 18.4 Å². The summed E-state index contributed by atoms with van der Waals surface area (Å²) < 4.78 is 8.51. The van der Waals surface area contributed by atoms with Crippen LogP contribution < -0.4 is 15.4 Å². The van der Waals surface area contributed by atoms with E-state index in [9.17, 15) is 0 Å². The smallest absolute Gasteiger partial charge is 0.191 e. The van der Waals surface area contributed by atoms with Gasteiger partial charge >= 0.3 is 0 Å². The van der Waals surface area contributed by atoms with Crippen LogP contribution in [-0.4, -0.2) is 28.0 Å². The van der Waals surface area contributed by atoms with Crippen LogP contribution in [0.4, 0.5) is 0 Å². The molecule has 1 saturated carbocycles. The minimum Gasteiger partial charge on any atom is -0.487 e. The van der Waals surface area contributed by atoms with Gasteiger partial charge in [-0.05, 0) is 43.9 Å². The highest BCUT2D eigenvalue weighted by Gasteiger charge is 2.43. The Kier molecular flexibility index (Phi) is 4.62. The Balaban J connectivity index is 1.32. The van der Waals surface area contributed by atoms with Crippen LogP contribution in [0.5, 0.6) is 5.75 Å². The molecule has 1 spiro atoms. The normalized spacial score (nSPS) is 20.4. The van der Waals surface area contributed by atoms with Crippen molar-refractivity contribution in [3.63, 3.8) is 0 Å². The van der Waals surface area contributed by atoms with E-state index in [0.717, 1.165) is 42.3 Å². The lowest BCUT2D eigenvalue weighted by Gasteiger charge is -2.40. The van der Waals surface area contributed by atoms with Gasteiger partial charge < -0.3 is 19.8 Å². The number of rotatable bonds is 3. The fourth-order valence-corrected chi connectivity index (χ4v) is 4.68. The molecular formula is C23H27N5O. The SMILES string of the molecule is CN=C(NCc1cn2ccccc2n1)NC1CC2(CCCC2)Oc2ccccc21. The van der Waals surface area contributed by atoms with Crippen molar-refractivity contribution in [1.82, 2.24) is 20.0 Å². The number of nitrogens with one attached hydrogen (secondary N) is 2. The largest absolute Gasteiger partial charge is 0.487 e. The van der Waals surface area contributed by atoms with Gasteiger partial charge in [-0.15, -0.1) is 0 Å². The van der Waals surface area contributed by atoms with Crippen LogP contribution in [0, 0.1) is 0 Å². The quantitative estimate of drug-likeness (QED) is 0.528. The van der Waals surface area contributed by atoms with Crippen molar-refractivity contribution < 1.29 is 4.74 Å². The Bertz CT molecular complexity index is 1000. The third kappa shape index (κ3) is 3.55. The van der Waals surface area contributed by atoms with Gasteiger partial charge in [0.1, 0.15) is 17.0 Å². The molecule has 6 heteroatoms. The molecule has 2 aromatic heterocycles. The van der Waals surface area contributed by atoms with Crippen LogP contribution in [0.3, 0.4) is 0 Å². The molecule has 1 aliphatic carbocycles. The summed E-state index contributed by atoms with van der Waals surface area (Å²) in [6, 6.07) is 14.6. The van der Waals surface area contributed by atoms with Gasteiger partial charge in [-0.1, -0.05) is 24.3 Å². The number of benzene rings is 1. The Morgan fingerprint density at radius 3 is 2.86 bits per heavy atom. The summed E-state index contributed by atoms with van der Waals surface area (Å²) in [6.07, 6.45) is 9.79. The fourth-order valence-electron chi connectivity index (χ4n) is 4.68. The Morgan fingerprint density at radius 2 is 2.03 bits per heavy atom. The molecule has 3 heterocycles. The van der Waals surface area contributed by atoms with Crippen LogP contribution in [-0.2, 0) is 6.54 Å². The fraction of sp³-hybridized carbons (Fsp3) is 0.391. The summed E-state index contributed by atoms with van der Waals surface area (Å²) in [7, 11) is 1.82. The molecule has 0 amide bonds. The lowest BCUT2D eigenvalue weighted by atomic mass is 9.86. The van der Waals surface area contributed by atoms with Crippen molar-refractivity contribution in [2.24, 2.45) is 4.99 Å². The van der Waals surface area contributed by atoms with E-state index >= 15 is 0 Å². The predicted molar refractivity (Wildman–Crippen MR) is 114 cm³/mol. The van der Waals surface area contributed by atoms with Gasteiger partial charge in [-0.2, -0.15) is 0 Å². The van der Waals surface area contributed by atoms with Gasteiger partial charge in [0, 0.05) is 31.4 Å². The average molecular weight is 390 g/mol. The summed E-state index contributed by atoms with van der Waals surface area (Å²) in [5.41, 5.74) is 3.11. The number of guanidine groups is 1. The van der Waals surface area contributed by atoms with Gasteiger partial charge in [0.15, 0.2) is 5.96 Å². The number of fused-ring (bicyclic) bond motifs is 2. The van der Waals surface area contributed by atoms with Gasteiger partial charge in [-0.25, -0.2) is 4.98 Å². The van der Waals surface area contributed by atoms with Crippen molar-refractivity contribution in [1.29, 1.82) is 0 Å². The van der Waals surface area contributed by atoms with Crippen LogP contribution in [0.25, 0.3) is 5.65 Å². The maximum atomic E-state index is 6.48. The van der Waals surface area contributed by atoms with E-state index in [4.69, 9.17) is 4.74 Å². The number of hydrogen-bond acceptors (Lipinski definition) is 3. The first-order valence-corrected chi connectivity index (χ1v) is 10.4. The zero-order chi connectivity index (χ0) is 19.7. The van der Waals surface area contributed by atoms with Crippen LogP contribution in [0.2, 0.25) is 0 Å². The molecule has 150 valence electrons. The molecule has 0 bridgehead atoms. The third-order valence-corrected chi connectivity index (χ3v) is 6.10. The van der Waals surface area contributed by atoms with E-state index in [0.29, 0.717) is 6.54 Å². The Labute approximate surface area is 171 Å². The molecule has 1 fully saturated rings. The Morgan fingerprint density at radius 1 is 1.21 bits per heavy atom. The third-order valence-electron chi connectivity index (χ3n) is 6.10. The number of ether oxygens (including phenoxy) is 1. The topological polar surface area (TPSA) is 63.0 Å². The molecule has 0 radical (unpaired) electrons. The van der Waals surface area contributed by atoms with Crippen molar-refractivity contribution in [3.8, 4) is 5.75 Å². The molecule has 2 aliphatic rings. The molecule has 3 aromatic rings. The zero-order valence-corrected chi connectivity index (χ0v) is 16.8. The van der Waals surface area contributed by atoms with E-state index in [1.54, 1.807) is 0 Å². The molecule has 0 saturated heterocycles. The molecule has 2 N–H and O–H groups in total. The summed E-state index contributed by atoms with van der Waals surface area (Å²) in [5.74, 6) is 1.80. The number of pyridine rings is 1. The standard InChI is InChI=1S/C23H27N5O/c1-24-22(25-15-17-16-28-13-7-4-10-21(28)26-17)27-19-14-23(11-5-6-12-23)29-20-9-3-2-8-18(19)20/h2-4,7-10,13,16,19H,5-6,11-12,14-15H2,1H3,(H2,24,25,27). The monoisotopic (exact) mass is 389 g/mol. The lowest BCUT2D eigenvalue weighted by molar-refractivity contribution is 0.0396.